The summed E-state index contributed by atoms with van der Waals surface area (Å²) in [5, 5.41) is 3.47. The predicted octanol–water partition coefficient (Wildman–Crippen LogP) is 4.13. The SMILES string of the molecule is C=C/C=C\C1=C(C)Sc2ccccc2N=C1N1CCCNCC1. The Morgan fingerprint density at radius 2 is 2.13 bits per heavy atom. The molecule has 2 aliphatic heterocycles. The third-order valence-electron chi connectivity index (χ3n) is 4.01. The summed E-state index contributed by atoms with van der Waals surface area (Å²) in [6.07, 6.45) is 7.11. The number of fused-ring (bicyclic) bond motifs is 1. The Kier molecular flexibility index (Phi) is 5.36. The Morgan fingerprint density at radius 1 is 1.26 bits per heavy atom. The fourth-order valence-corrected chi connectivity index (χ4v) is 3.81. The second-order valence-corrected chi connectivity index (χ2v) is 6.92. The minimum atomic E-state index is 0.990. The number of amidine groups is 1. The lowest BCUT2D eigenvalue weighted by Crippen LogP contribution is -2.35. The van der Waals surface area contributed by atoms with Crippen LogP contribution in [0.2, 0.25) is 0 Å². The average Bonchev–Trinajstić information content (AvgIpc) is 2.90. The monoisotopic (exact) mass is 325 g/mol. The lowest BCUT2D eigenvalue weighted by Gasteiger charge is -2.25. The number of benzene rings is 1. The first-order valence-electron chi connectivity index (χ1n) is 8.11. The Bertz CT molecular complexity index is 665. The van der Waals surface area contributed by atoms with Crippen LogP contribution in [-0.4, -0.2) is 36.9 Å². The second kappa shape index (κ2) is 7.66. The van der Waals surface area contributed by atoms with E-state index >= 15 is 0 Å². The number of hydrogen-bond acceptors (Lipinski definition) is 4. The van der Waals surface area contributed by atoms with E-state index in [1.165, 1.54) is 15.4 Å². The van der Waals surface area contributed by atoms with E-state index in [1.807, 2.05) is 12.2 Å². The van der Waals surface area contributed by atoms with Crippen LogP contribution in [0.3, 0.4) is 0 Å². The van der Waals surface area contributed by atoms with E-state index < -0.39 is 0 Å². The van der Waals surface area contributed by atoms with Crippen LogP contribution in [0.4, 0.5) is 5.69 Å². The highest BCUT2D eigenvalue weighted by molar-refractivity contribution is 8.03. The van der Waals surface area contributed by atoms with E-state index in [0.29, 0.717) is 0 Å². The topological polar surface area (TPSA) is 27.6 Å². The van der Waals surface area contributed by atoms with Gasteiger partial charge in [-0.25, -0.2) is 4.99 Å². The molecule has 1 aromatic carbocycles. The van der Waals surface area contributed by atoms with Gasteiger partial charge >= 0.3 is 0 Å². The molecule has 120 valence electrons. The summed E-state index contributed by atoms with van der Waals surface area (Å²) in [4.78, 5) is 9.95. The highest BCUT2D eigenvalue weighted by Gasteiger charge is 2.21. The van der Waals surface area contributed by atoms with Gasteiger partial charge in [0, 0.05) is 30.1 Å². The number of nitrogens with zero attached hydrogens (tertiary/aromatic N) is 2. The van der Waals surface area contributed by atoms with Crippen molar-refractivity contribution in [2.24, 2.45) is 4.99 Å². The molecule has 0 aliphatic carbocycles. The molecule has 0 spiro atoms. The lowest BCUT2D eigenvalue weighted by atomic mass is 10.1. The molecule has 3 rings (SSSR count). The number of thioether (sulfide) groups is 1. The van der Waals surface area contributed by atoms with Crippen molar-refractivity contribution in [1.82, 2.24) is 10.2 Å². The summed E-state index contributed by atoms with van der Waals surface area (Å²) in [5.41, 5.74) is 2.26. The molecule has 1 aromatic rings. The van der Waals surface area contributed by atoms with Crippen LogP contribution in [0, 0.1) is 0 Å². The molecule has 1 N–H and O–H groups in total. The van der Waals surface area contributed by atoms with E-state index in [-0.39, 0.29) is 0 Å². The smallest absolute Gasteiger partial charge is 0.137 e. The molecule has 4 heteroatoms. The molecule has 1 fully saturated rings. The van der Waals surface area contributed by atoms with Gasteiger partial charge in [-0.15, -0.1) is 0 Å². The van der Waals surface area contributed by atoms with Gasteiger partial charge in [-0.05, 0) is 36.9 Å². The number of nitrogens with one attached hydrogen (secondary N) is 1. The maximum Gasteiger partial charge on any atom is 0.137 e. The van der Waals surface area contributed by atoms with Gasteiger partial charge in [0.1, 0.15) is 5.84 Å². The van der Waals surface area contributed by atoms with E-state index in [9.17, 15) is 0 Å². The standard InChI is InChI=1S/C19H23N3S/c1-3-4-8-16-15(2)23-18-10-6-5-9-17(18)21-19(16)22-13-7-11-20-12-14-22/h3-6,8-10,20H,1,7,11-14H2,2H3/b8-4-. The van der Waals surface area contributed by atoms with E-state index in [1.54, 1.807) is 11.8 Å². The molecule has 0 aromatic heterocycles. The zero-order chi connectivity index (χ0) is 16.1. The van der Waals surface area contributed by atoms with Gasteiger partial charge in [-0.1, -0.05) is 48.7 Å². The third-order valence-corrected chi connectivity index (χ3v) is 5.10. The number of aliphatic imine (C=N–C) groups is 1. The van der Waals surface area contributed by atoms with Gasteiger partial charge in [0.05, 0.1) is 5.69 Å². The van der Waals surface area contributed by atoms with E-state index in [0.717, 1.165) is 44.1 Å². The quantitative estimate of drug-likeness (QED) is 0.828. The van der Waals surface area contributed by atoms with Gasteiger partial charge in [0.2, 0.25) is 0 Å². The number of rotatable bonds is 2. The van der Waals surface area contributed by atoms with Crippen LogP contribution in [-0.2, 0) is 0 Å². The maximum absolute atomic E-state index is 5.04. The number of hydrogen-bond donors (Lipinski definition) is 1. The first kappa shape index (κ1) is 16.1. The summed E-state index contributed by atoms with van der Waals surface area (Å²) in [5.74, 6) is 1.08. The Balaban J connectivity index is 2.07. The van der Waals surface area contributed by atoms with Crippen LogP contribution >= 0.6 is 11.8 Å². The van der Waals surface area contributed by atoms with Crippen LogP contribution in [0.5, 0.6) is 0 Å². The van der Waals surface area contributed by atoms with Crippen molar-refractivity contribution in [3.05, 3.63) is 59.6 Å². The van der Waals surface area contributed by atoms with Crippen LogP contribution in [0.25, 0.3) is 0 Å². The van der Waals surface area contributed by atoms with Crippen molar-refractivity contribution < 1.29 is 0 Å². The third kappa shape index (κ3) is 3.77. The van der Waals surface area contributed by atoms with Crippen molar-refractivity contribution in [3.63, 3.8) is 0 Å². The molecular formula is C19H23N3S. The summed E-state index contributed by atoms with van der Waals surface area (Å²) in [6, 6.07) is 8.39. The highest BCUT2D eigenvalue weighted by Crippen LogP contribution is 2.39. The zero-order valence-corrected chi connectivity index (χ0v) is 14.4. The minimum absolute atomic E-state index is 0.990. The fraction of sp³-hybridized carbons (Fsp3) is 0.316. The van der Waals surface area contributed by atoms with Crippen LogP contribution in [0.1, 0.15) is 13.3 Å². The molecule has 3 nitrogen and oxygen atoms in total. The molecule has 2 aliphatic rings. The molecule has 1 saturated heterocycles. The van der Waals surface area contributed by atoms with Gasteiger partial charge in [-0.2, -0.15) is 0 Å². The van der Waals surface area contributed by atoms with Crippen molar-refractivity contribution in [2.75, 3.05) is 26.2 Å². The molecule has 0 amide bonds. The maximum atomic E-state index is 5.04. The zero-order valence-electron chi connectivity index (χ0n) is 13.6. The second-order valence-electron chi connectivity index (χ2n) is 5.66. The first-order chi connectivity index (χ1) is 11.3. The predicted molar refractivity (Wildman–Crippen MR) is 100 cm³/mol. The van der Waals surface area contributed by atoms with Crippen molar-refractivity contribution in [2.45, 2.75) is 18.2 Å². The number of para-hydroxylation sites is 1. The molecule has 0 atom stereocenters. The molecule has 0 saturated carbocycles. The van der Waals surface area contributed by atoms with E-state index in [4.69, 9.17) is 4.99 Å². The summed E-state index contributed by atoms with van der Waals surface area (Å²) < 4.78 is 0. The van der Waals surface area contributed by atoms with Gasteiger partial charge < -0.3 is 10.2 Å². The Labute approximate surface area is 142 Å². The molecular weight excluding hydrogens is 302 g/mol. The van der Waals surface area contributed by atoms with Crippen molar-refractivity contribution in [3.8, 4) is 0 Å². The van der Waals surface area contributed by atoms with Crippen molar-refractivity contribution >= 4 is 23.3 Å². The normalized spacial score (nSPS) is 19.2. The van der Waals surface area contributed by atoms with E-state index in [2.05, 4.69) is 54.1 Å². The Hall–Kier alpha value is -1.78. The number of allylic oxidation sites excluding steroid dienone is 3. The molecule has 23 heavy (non-hydrogen) atoms. The van der Waals surface area contributed by atoms with Gasteiger partial charge in [0.15, 0.2) is 0 Å². The minimum Gasteiger partial charge on any atom is -0.355 e. The molecule has 0 unspecified atom stereocenters. The summed E-state index contributed by atoms with van der Waals surface area (Å²) in [7, 11) is 0. The van der Waals surface area contributed by atoms with Crippen LogP contribution < -0.4 is 5.32 Å². The summed E-state index contributed by atoms with van der Waals surface area (Å²) >= 11 is 1.80. The first-order valence-corrected chi connectivity index (χ1v) is 8.93. The summed E-state index contributed by atoms with van der Waals surface area (Å²) in [6.45, 7) is 10.1. The highest BCUT2D eigenvalue weighted by atomic mass is 32.2. The largest absolute Gasteiger partial charge is 0.355 e. The average molecular weight is 325 g/mol. The fourth-order valence-electron chi connectivity index (χ4n) is 2.84. The lowest BCUT2D eigenvalue weighted by molar-refractivity contribution is 0.447. The molecule has 0 bridgehead atoms. The Morgan fingerprint density at radius 3 is 3.00 bits per heavy atom. The van der Waals surface area contributed by atoms with Gasteiger partial charge in [0.25, 0.3) is 0 Å². The van der Waals surface area contributed by atoms with Gasteiger partial charge in [-0.3, -0.25) is 0 Å². The molecule has 0 radical (unpaired) electrons. The molecule has 2 heterocycles. The van der Waals surface area contributed by atoms with Crippen LogP contribution in [0.15, 0.2) is 69.4 Å². The van der Waals surface area contributed by atoms with Crippen molar-refractivity contribution in [1.29, 1.82) is 0 Å².